The number of anilines is 1. The molecule has 2 aliphatic rings. The van der Waals surface area contributed by atoms with Crippen molar-refractivity contribution in [1.29, 1.82) is 0 Å². The molecule has 0 radical (unpaired) electrons. The molecule has 3 aromatic heterocycles. The Morgan fingerprint density at radius 1 is 0.684 bits per heavy atom. The minimum Gasteiger partial charge on any atom is -0.494 e. The molecule has 5 heterocycles. The first-order valence-corrected chi connectivity index (χ1v) is 30.4. The number of nitrogens with one attached hydrogen (secondary N) is 1. The van der Waals surface area contributed by atoms with Crippen LogP contribution in [0.2, 0.25) is 0 Å². The molecular weight excluding hydrogens is 1240 g/mol. The zero-order valence-electron chi connectivity index (χ0n) is 52.3. The van der Waals surface area contributed by atoms with Crippen molar-refractivity contribution in [1.82, 2.24) is 34.6 Å². The van der Waals surface area contributed by atoms with Crippen molar-refractivity contribution in [2.45, 2.75) is 97.1 Å². The number of hydrogen-bond acceptors (Lipinski definition) is 13. The summed E-state index contributed by atoms with van der Waals surface area (Å²) in [6.45, 7) is 10.5. The lowest BCUT2D eigenvalue weighted by atomic mass is 10.0. The number of aromatic nitrogens is 4. The van der Waals surface area contributed by atoms with Gasteiger partial charge in [0.2, 0.25) is 5.91 Å². The van der Waals surface area contributed by atoms with E-state index in [9.17, 15) is 49.5 Å². The molecule has 24 heteroatoms. The van der Waals surface area contributed by atoms with Crippen molar-refractivity contribution in [2.75, 3.05) is 31.2 Å². The van der Waals surface area contributed by atoms with Crippen molar-refractivity contribution < 1.29 is 58.9 Å². The highest BCUT2D eigenvalue weighted by Crippen LogP contribution is 2.37. The summed E-state index contributed by atoms with van der Waals surface area (Å²) >= 11 is 0. The number of aliphatic imine (C=N–C) groups is 2. The first-order chi connectivity index (χ1) is 45.4. The van der Waals surface area contributed by atoms with E-state index in [2.05, 4.69) is 15.3 Å². The van der Waals surface area contributed by atoms with Crippen molar-refractivity contribution in [3.63, 3.8) is 0 Å². The van der Waals surface area contributed by atoms with Gasteiger partial charge in [0.15, 0.2) is 0 Å². The summed E-state index contributed by atoms with van der Waals surface area (Å²) in [6, 6.07) is 40.1. The van der Waals surface area contributed by atoms with E-state index in [1.807, 2.05) is 78.2 Å². The van der Waals surface area contributed by atoms with Gasteiger partial charge < -0.3 is 34.2 Å². The first-order valence-electron chi connectivity index (χ1n) is 30.4. The summed E-state index contributed by atoms with van der Waals surface area (Å²) < 4.78 is 128. The van der Waals surface area contributed by atoms with Gasteiger partial charge in [0, 0.05) is 56.5 Å². The summed E-state index contributed by atoms with van der Waals surface area (Å²) in [4.78, 5) is 69.9. The van der Waals surface area contributed by atoms with E-state index in [0.29, 0.717) is 95.3 Å². The average molecular weight is 1310 g/mol. The fraction of sp³-hybridized carbons (Fsp3) is 0.268. The molecule has 2 amide bonds. The molecule has 1 unspecified atom stereocenters. The maximum Gasteiger partial charge on any atom is 0.419 e. The van der Waals surface area contributed by atoms with Crippen LogP contribution < -0.4 is 25.2 Å². The van der Waals surface area contributed by atoms with E-state index in [-0.39, 0.29) is 42.7 Å². The van der Waals surface area contributed by atoms with Crippen molar-refractivity contribution >= 4 is 45.9 Å². The summed E-state index contributed by atoms with van der Waals surface area (Å²) in [6.07, 6.45) is -4.53. The Labute approximate surface area is 542 Å². The van der Waals surface area contributed by atoms with Crippen molar-refractivity contribution in [2.24, 2.45) is 9.98 Å². The number of carbonyl (C=O) groups is 2. The minimum absolute atomic E-state index is 0.0149. The largest absolute Gasteiger partial charge is 0.494 e. The van der Waals surface area contributed by atoms with E-state index in [4.69, 9.17) is 29.2 Å². The van der Waals surface area contributed by atoms with Crippen LogP contribution in [0.1, 0.15) is 85.4 Å². The number of fused-ring (bicyclic) bond motifs is 2. The lowest BCUT2D eigenvalue weighted by molar-refractivity contribution is -0.140. The van der Waals surface area contributed by atoms with Crippen molar-refractivity contribution in [3.8, 4) is 17.2 Å². The molecule has 0 saturated carbocycles. The average Bonchev–Trinajstić information content (AvgIpc) is 1.74. The maximum atomic E-state index is 14.4. The topological polar surface area (TPSA) is 169 Å². The standard InChI is InChI=1S/C38H39F4N5O4.C33H27F4N5O2/c1-5-50-29-15-13-28(14-16-29)46-24-27-10-6-7-11-32(27)45-35(46)33(22-44-36(49)51-37(2,3)4)47(23-26-9-8-18-43-21-26)34(48)20-25-12-17-31(39)30(19-25)38(40,41)42;1-2-44-24-12-10-23(11-13-24)42-31(40-28-8-4-3-7-25(28)32(42)43)29-19-39-30(41(29)20-22-6-5-15-38-18-22)17-21-9-14-27(34)26(16-21)33(35,36)37/h6-19,21,33H,5,20,22-24H2,1-4H3,(H,44,49);3-16,18,29H,2,17,19-20H2,1H3/t;29-/m.1/s1. The number of hydrogen-bond donors (Lipinski definition) is 1. The molecule has 0 spiro atoms. The molecule has 11 rings (SSSR count). The highest BCUT2D eigenvalue weighted by atomic mass is 19.4. The molecular formula is C71H66F8N10O6. The molecule has 9 aromatic rings. The monoisotopic (exact) mass is 1310 g/mol. The fourth-order valence-electron chi connectivity index (χ4n) is 11.0. The van der Waals surface area contributed by atoms with Crippen LogP contribution in [0.15, 0.2) is 197 Å². The molecule has 6 aromatic carbocycles. The lowest BCUT2D eigenvalue weighted by Crippen LogP contribution is -2.56. The van der Waals surface area contributed by atoms with Gasteiger partial charge in [-0.3, -0.25) is 29.1 Å². The van der Waals surface area contributed by atoms with Crippen LogP contribution in [0.25, 0.3) is 16.6 Å². The van der Waals surface area contributed by atoms with E-state index >= 15 is 0 Å². The molecule has 0 fully saturated rings. The maximum absolute atomic E-state index is 14.4. The van der Waals surface area contributed by atoms with Crippen molar-refractivity contribution in [3.05, 3.63) is 249 Å². The third-order valence-corrected chi connectivity index (χ3v) is 15.3. The Morgan fingerprint density at radius 3 is 1.88 bits per heavy atom. The number of benzene rings is 6. The fourth-order valence-corrected chi connectivity index (χ4v) is 11.0. The number of nitrogens with zero attached hydrogens (tertiary/aromatic N) is 9. The highest BCUT2D eigenvalue weighted by Gasteiger charge is 2.39. The number of para-hydroxylation sites is 2. The third-order valence-electron chi connectivity index (χ3n) is 15.3. The number of alkyl carbamates (subject to hydrolysis) is 1. The van der Waals surface area contributed by atoms with Crippen LogP contribution >= 0.6 is 0 Å². The predicted octanol–water partition coefficient (Wildman–Crippen LogP) is 14.4. The van der Waals surface area contributed by atoms with Crippen LogP contribution in [0, 0.1) is 11.6 Å². The van der Waals surface area contributed by atoms with Gasteiger partial charge in [-0.05, 0) is 166 Å². The molecule has 16 nitrogen and oxygen atoms in total. The summed E-state index contributed by atoms with van der Waals surface area (Å²) in [5.74, 6) is -0.752. The number of ether oxygens (including phenoxy) is 3. The first kappa shape index (κ1) is 67.4. The highest BCUT2D eigenvalue weighted by molar-refractivity contribution is 6.06. The van der Waals surface area contributed by atoms with E-state index < -0.39 is 71.2 Å². The number of halogens is 8. The van der Waals surface area contributed by atoms with E-state index in [1.54, 1.807) is 117 Å². The van der Waals surface area contributed by atoms with Crippen LogP contribution in [-0.2, 0) is 54.4 Å². The second kappa shape index (κ2) is 29.2. The van der Waals surface area contributed by atoms with Crippen LogP contribution in [0.4, 0.5) is 51.3 Å². The Balaban J connectivity index is 0.000000209. The quantitative estimate of drug-likeness (QED) is 0.0765. The smallest absolute Gasteiger partial charge is 0.419 e. The van der Waals surface area contributed by atoms with Gasteiger partial charge >= 0.3 is 18.4 Å². The molecule has 1 N–H and O–H groups in total. The number of pyridine rings is 2. The zero-order chi connectivity index (χ0) is 67.6. The molecule has 2 aliphatic heterocycles. The van der Waals surface area contributed by atoms with E-state index in [1.165, 1.54) is 11.0 Å². The zero-order valence-corrected chi connectivity index (χ0v) is 52.3. The number of carbonyl (C=O) groups excluding carboxylic acids is 2. The van der Waals surface area contributed by atoms with Gasteiger partial charge in [-0.25, -0.2) is 23.6 Å². The van der Waals surface area contributed by atoms with Crippen LogP contribution in [0.3, 0.4) is 0 Å². The molecule has 0 saturated heterocycles. The Kier molecular flexibility index (Phi) is 20.7. The molecule has 2 atom stereocenters. The summed E-state index contributed by atoms with van der Waals surface area (Å²) in [7, 11) is 0. The Hall–Kier alpha value is -10.5. The van der Waals surface area contributed by atoms with Gasteiger partial charge in [-0.15, -0.1) is 0 Å². The molecule has 95 heavy (non-hydrogen) atoms. The van der Waals surface area contributed by atoms with Gasteiger partial charge in [0.05, 0.1) is 66.1 Å². The van der Waals surface area contributed by atoms with Gasteiger partial charge in [-0.1, -0.05) is 54.6 Å². The minimum atomic E-state index is -4.96. The summed E-state index contributed by atoms with van der Waals surface area (Å²) in [5.41, 5.74) is 1.15. The number of rotatable bonds is 19. The number of alkyl halides is 6. The molecule has 492 valence electrons. The number of amidine groups is 2. The second-order valence-electron chi connectivity index (χ2n) is 23.2. The summed E-state index contributed by atoms with van der Waals surface area (Å²) in [5, 5.41) is 3.22. The SMILES string of the molecule is CCOc1ccc(-n2c([C@H]3CN=C(Cc4ccc(F)c(C(F)(F)F)c4)N3Cc3cccnc3)nc3ccccc3c2=O)cc1.CCOc1ccc(N2Cc3ccccc3N=C2C(CNC(=O)OC(C)(C)C)N(Cc2cccnc2)C(=O)Cc2ccc(F)c(C(F)(F)F)c2)cc1. The van der Waals surface area contributed by atoms with Gasteiger partial charge in [-0.2, -0.15) is 26.3 Å². The third kappa shape index (κ3) is 16.6. The van der Waals surface area contributed by atoms with Crippen LogP contribution in [0.5, 0.6) is 11.5 Å². The molecule has 0 bridgehead atoms. The van der Waals surface area contributed by atoms with Gasteiger partial charge in [0.1, 0.15) is 58.3 Å². The van der Waals surface area contributed by atoms with E-state index in [0.717, 1.165) is 35.0 Å². The predicted molar refractivity (Wildman–Crippen MR) is 344 cm³/mol. The normalized spacial score (nSPS) is 14.2. The number of amides is 2. The van der Waals surface area contributed by atoms with Gasteiger partial charge in [0.25, 0.3) is 5.56 Å². The lowest BCUT2D eigenvalue weighted by Gasteiger charge is -2.40. The Bertz CT molecular complexity index is 4300. The Morgan fingerprint density at radius 2 is 1.27 bits per heavy atom. The second-order valence-corrected chi connectivity index (χ2v) is 23.2. The molecule has 0 aliphatic carbocycles. The van der Waals surface area contributed by atoms with Crippen LogP contribution in [-0.4, -0.2) is 90.9 Å².